The minimum absolute atomic E-state index is 0.359. The van der Waals surface area contributed by atoms with Crippen LogP contribution in [0.5, 0.6) is 5.75 Å². The molecule has 1 aromatic carbocycles. The molecule has 0 amide bonds. The van der Waals surface area contributed by atoms with E-state index in [0.717, 1.165) is 32.1 Å². The highest BCUT2D eigenvalue weighted by Gasteiger charge is 2.35. The molecule has 2 fully saturated rings. The van der Waals surface area contributed by atoms with Gasteiger partial charge in [0.2, 0.25) is 0 Å². The average Bonchev–Trinajstić information content (AvgIpc) is 2.76. The van der Waals surface area contributed by atoms with Crippen molar-refractivity contribution in [2.24, 2.45) is 0 Å². The first-order chi connectivity index (χ1) is 8.31. The molecule has 0 aromatic heterocycles. The maximum atomic E-state index is 5.94. The largest absolute Gasteiger partial charge is 0.488 e. The van der Waals surface area contributed by atoms with Crippen molar-refractivity contribution in [3.05, 3.63) is 29.8 Å². The van der Waals surface area contributed by atoms with Gasteiger partial charge < -0.3 is 9.47 Å². The fourth-order valence-corrected chi connectivity index (χ4v) is 2.53. The summed E-state index contributed by atoms with van der Waals surface area (Å²) < 4.78 is 11.3. The molecule has 1 atom stereocenters. The Morgan fingerprint density at radius 3 is 2.94 bits per heavy atom. The van der Waals surface area contributed by atoms with Crippen LogP contribution in [0.25, 0.3) is 0 Å². The van der Waals surface area contributed by atoms with Crippen LogP contribution in [0.3, 0.4) is 0 Å². The fraction of sp³-hybridized carbons (Fsp3) is 0.571. The summed E-state index contributed by atoms with van der Waals surface area (Å²) in [7, 11) is 0. The zero-order valence-electron chi connectivity index (χ0n) is 10.3. The zero-order valence-corrected chi connectivity index (χ0v) is 10.3. The van der Waals surface area contributed by atoms with E-state index < -0.39 is 0 Å². The lowest BCUT2D eigenvalue weighted by atomic mass is 10.1. The molecular weight excluding hydrogens is 214 g/mol. The lowest BCUT2D eigenvalue weighted by molar-refractivity contribution is -0.0113. The van der Waals surface area contributed by atoms with Gasteiger partial charge in [-0.3, -0.25) is 4.90 Å². The Kier molecular flexibility index (Phi) is 3.04. The second kappa shape index (κ2) is 4.67. The number of likely N-dealkylation sites (tertiary alicyclic amines) is 1. The Morgan fingerprint density at radius 2 is 2.24 bits per heavy atom. The number of benzene rings is 1. The predicted octanol–water partition coefficient (Wildman–Crippen LogP) is 1.85. The van der Waals surface area contributed by atoms with Gasteiger partial charge in [0.25, 0.3) is 0 Å². The first kappa shape index (κ1) is 11.1. The van der Waals surface area contributed by atoms with E-state index in [0.29, 0.717) is 12.1 Å². The standard InChI is InChI=1S/C14H19NO2/c1-11-3-2-4-13(7-11)17-14-8-15(9-14)12-5-6-16-10-12/h2-4,7,12,14H,5-6,8-10H2,1H3/t12-/m0/s1. The van der Waals surface area contributed by atoms with Gasteiger partial charge in [-0.2, -0.15) is 0 Å². The van der Waals surface area contributed by atoms with Crippen molar-refractivity contribution >= 4 is 0 Å². The number of nitrogens with zero attached hydrogens (tertiary/aromatic N) is 1. The van der Waals surface area contributed by atoms with Gasteiger partial charge in [0, 0.05) is 25.7 Å². The molecular formula is C14H19NO2. The van der Waals surface area contributed by atoms with Crippen LogP contribution in [0.15, 0.2) is 24.3 Å². The van der Waals surface area contributed by atoms with Crippen molar-refractivity contribution in [3.63, 3.8) is 0 Å². The maximum absolute atomic E-state index is 5.94. The van der Waals surface area contributed by atoms with E-state index in [-0.39, 0.29) is 0 Å². The highest BCUT2D eigenvalue weighted by molar-refractivity contribution is 5.27. The zero-order chi connectivity index (χ0) is 11.7. The molecule has 2 heterocycles. The smallest absolute Gasteiger partial charge is 0.124 e. The minimum atomic E-state index is 0.359. The average molecular weight is 233 g/mol. The van der Waals surface area contributed by atoms with Crippen LogP contribution in [-0.2, 0) is 4.74 Å². The Hall–Kier alpha value is -1.06. The SMILES string of the molecule is Cc1cccc(OC2CN([C@H]3CCOC3)C2)c1. The van der Waals surface area contributed by atoms with Crippen LogP contribution < -0.4 is 4.74 Å². The highest BCUT2D eigenvalue weighted by Crippen LogP contribution is 2.23. The molecule has 92 valence electrons. The van der Waals surface area contributed by atoms with E-state index in [4.69, 9.17) is 9.47 Å². The van der Waals surface area contributed by atoms with Gasteiger partial charge in [0.05, 0.1) is 6.61 Å². The van der Waals surface area contributed by atoms with Gasteiger partial charge in [0.1, 0.15) is 11.9 Å². The number of ether oxygens (including phenoxy) is 2. The van der Waals surface area contributed by atoms with Gasteiger partial charge in [-0.25, -0.2) is 0 Å². The van der Waals surface area contributed by atoms with E-state index in [1.807, 2.05) is 12.1 Å². The van der Waals surface area contributed by atoms with Crippen LogP contribution >= 0.6 is 0 Å². The quantitative estimate of drug-likeness (QED) is 0.795. The second-order valence-corrected chi connectivity index (χ2v) is 5.03. The van der Waals surface area contributed by atoms with Crippen LogP contribution in [0.1, 0.15) is 12.0 Å². The molecule has 2 aliphatic rings. The maximum Gasteiger partial charge on any atom is 0.124 e. The lowest BCUT2D eigenvalue weighted by Crippen LogP contribution is -2.57. The van der Waals surface area contributed by atoms with Crippen molar-refractivity contribution in [3.8, 4) is 5.75 Å². The molecule has 17 heavy (non-hydrogen) atoms. The summed E-state index contributed by atoms with van der Waals surface area (Å²) in [6.45, 7) is 6.00. The Morgan fingerprint density at radius 1 is 1.35 bits per heavy atom. The Bertz CT molecular complexity index is 382. The third kappa shape index (κ3) is 2.45. The molecule has 0 unspecified atom stereocenters. The Balaban J connectivity index is 1.49. The normalized spacial score (nSPS) is 25.8. The van der Waals surface area contributed by atoms with E-state index in [1.54, 1.807) is 0 Å². The molecule has 3 nitrogen and oxygen atoms in total. The van der Waals surface area contributed by atoms with Gasteiger partial charge in [-0.1, -0.05) is 12.1 Å². The van der Waals surface area contributed by atoms with Gasteiger partial charge in [-0.05, 0) is 31.0 Å². The molecule has 3 rings (SSSR count). The van der Waals surface area contributed by atoms with Crippen LogP contribution in [0.2, 0.25) is 0 Å². The molecule has 1 aromatic rings. The molecule has 0 aliphatic carbocycles. The highest BCUT2D eigenvalue weighted by atomic mass is 16.5. The van der Waals surface area contributed by atoms with E-state index >= 15 is 0 Å². The lowest BCUT2D eigenvalue weighted by Gasteiger charge is -2.42. The van der Waals surface area contributed by atoms with E-state index in [2.05, 4.69) is 24.0 Å². The minimum Gasteiger partial charge on any atom is -0.488 e. The second-order valence-electron chi connectivity index (χ2n) is 5.03. The van der Waals surface area contributed by atoms with Gasteiger partial charge in [0.15, 0.2) is 0 Å². The molecule has 2 saturated heterocycles. The monoisotopic (exact) mass is 233 g/mol. The van der Waals surface area contributed by atoms with Crippen molar-refractivity contribution in [1.29, 1.82) is 0 Å². The number of hydrogen-bond acceptors (Lipinski definition) is 3. The first-order valence-corrected chi connectivity index (χ1v) is 6.36. The fourth-order valence-electron chi connectivity index (χ4n) is 2.53. The van der Waals surface area contributed by atoms with Crippen molar-refractivity contribution in [2.75, 3.05) is 26.3 Å². The number of hydrogen-bond donors (Lipinski definition) is 0. The van der Waals surface area contributed by atoms with Crippen molar-refractivity contribution in [2.45, 2.75) is 25.5 Å². The topological polar surface area (TPSA) is 21.7 Å². The summed E-state index contributed by atoms with van der Waals surface area (Å²) in [4.78, 5) is 2.47. The first-order valence-electron chi connectivity index (χ1n) is 6.36. The Labute approximate surface area is 102 Å². The van der Waals surface area contributed by atoms with E-state index in [9.17, 15) is 0 Å². The van der Waals surface area contributed by atoms with Crippen molar-refractivity contribution in [1.82, 2.24) is 4.90 Å². The molecule has 3 heteroatoms. The van der Waals surface area contributed by atoms with Gasteiger partial charge >= 0.3 is 0 Å². The van der Waals surface area contributed by atoms with Crippen molar-refractivity contribution < 1.29 is 9.47 Å². The summed E-state index contributed by atoms with van der Waals surface area (Å²) in [6.07, 6.45) is 1.54. The van der Waals surface area contributed by atoms with Crippen LogP contribution in [0, 0.1) is 6.92 Å². The third-order valence-electron chi connectivity index (χ3n) is 3.59. The number of rotatable bonds is 3. The summed E-state index contributed by atoms with van der Waals surface area (Å²) >= 11 is 0. The third-order valence-corrected chi connectivity index (χ3v) is 3.59. The summed E-state index contributed by atoms with van der Waals surface area (Å²) in [5.41, 5.74) is 1.25. The van der Waals surface area contributed by atoms with E-state index in [1.165, 1.54) is 12.0 Å². The molecule has 0 N–H and O–H groups in total. The summed E-state index contributed by atoms with van der Waals surface area (Å²) in [5, 5.41) is 0. The molecule has 0 bridgehead atoms. The molecule has 0 radical (unpaired) electrons. The molecule has 0 saturated carbocycles. The molecule has 0 spiro atoms. The van der Waals surface area contributed by atoms with Crippen LogP contribution in [-0.4, -0.2) is 43.3 Å². The number of aryl methyl sites for hydroxylation is 1. The van der Waals surface area contributed by atoms with Crippen LogP contribution in [0.4, 0.5) is 0 Å². The molecule has 2 aliphatic heterocycles. The summed E-state index contributed by atoms with van der Waals surface area (Å²) in [6, 6.07) is 8.91. The van der Waals surface area contributed by atoms with Gasteiger partial charge in [-0.15, -0.1) is 0 Å². The summed E-state index contributed by atoms with van der Waals surface area (Å²) in [5.74, 6) is 0.998. The predicted molar refractivity (Wildman–Crippen MR) is 66.4 cm³/mol.